The summed E-state index contributed by atoms with van der Waals surface area (Å²) < 4.78 is 0. The van der Waals surface area contributed by atoms with Crippen LogP contribution in [0.15, 0.2) is 0 Å². The zero-order valence-electron chi connectivity index (χ0n) is 11.1. The molecule has 2 aliphatic rings. The standard InChI is InChI=1S/C12H22N4O2.ClH/c13-10-3-5-15(7-10)8-11(17)16-4-1-2-9(6-16)12(14)18;/h9-10H,1-8,13H2,(H2,14,18);1H. The van der Waals surface area contributed by atoms with E-state index in [2.05, 4.69) is 4.90 Å². The van der Waals surface area contributed by atoms with Crippen LogP contribution in [0.2, 0.25) is 0 Å². The van der Waals surface area contributed by atoms with Gasteiger partial charge in [0.25, 0.3) is 0 Å². The third kappa shape index (κ3) is 4.33. The Kier molecular flexibility index (Phi) is 6.03. The maximum Gasteiger partial charge on any atom is 0.236 e. The molecule has 6 nitrogen and oxygen atoms in total. The summed E-state index contributed by atoms with van der Waals surface area (Å²) in [5, 5.41) is 0. The Bertz CT molecular complexity index is 340. The summed E-state index contributed by atoms with van der Waals surface area (Å²) in [5.74, 6) is -0.380. The zero-order valence-corrected chi connectivity index (χ0v) is 11.9. The van der Waals surface area contributed by atoms with E-state index in [9.17, 15) is 9.59 Å². The summed E-state index contributed by atoms with van der Waals surface area (Å²) in [6, 6.07) is 0.192. The third-order valence-corrected chi connectivity index (χ3v) is 3.84. The Balaban J connectivity index is 0.00000180. The van der Waals surface area contributed by atoms with Crippen molar-refractivity contribution in [2.45, 2.75) is 25.3 Å². The molecule has 2 saturated heterocycles. The summed E-state index contributed by atoms with van der Waals surface area (Å²) in [6.45, 7) is 3.31. The number of piperidine rings is 1. The molecule has 7 heteroatoms. The number of amides is 2. The number of hydrogen-bond acceptors (Lipinski definition) is 4. The lowest BCUT2D eigenvalue weighted by Gasteiger charge is -2.32. The SMILES string of the molecule is Cl.NC(=O)C1CCCN(C(=O)CN2CCC(N)C2)C1. The van der Waals surface area contributed by atoms with Gasteiger partial charge in [-0.25, -0.2) is 0 Å². The van der Waals surface area contributed by atoms with E-state index in [1.807, 2.05) is 0 Å². The molecule has 0 aromatic rings. The second-order valence-electron chi connectivity index (χ2n) is 5.37. The number of likely N-dealkylation sites (tertiary alicyclic amines) is 2. The minimum Gasteiger partial charge on any atom is -0.369 e. The first-order valence-electron chi connectivity index (χ1n) is 6.61. The molecule has 2 fully saturated rings. The number of carbonyl (C=O) groups excluding carboxylic acids is 2. The van der Waals surface area contributed by atoms with E-state index in [1.54, 1.807) is 4.90 Å². The van der Waals surface area contributed by atoms with E-state index in [0.717, 1.165) is 38.9 Å². The Labute approximate surface area is 119 Å². The van der Waals surface area contributed by atoms with Crippen LogP contribution in [0.1, 0.15) is 19.3 Å². The number of hydrogen-bond donors (Lipinski definition) is 2. The molecule has 2 rings (SSSR count). The monoisotopic (exact) mass is 290 g/mol. The van der Waals surface area contributed by atoms with Crippen molar-refractivity contribution in [2.75, 3.05) is 32.7 Å². The van der Waals surface area contributed by atoms with Crippen LogP contribution < -0.4 is 11.5 Å². The first kappa shape index (κ1) is 16.2. The summed E-state index contributed by atoms with van der Waals surface area (Å²) in [6.07, 6.45) is 2.61. The van der Waals surface area contributed by atoms with E-state index in [1.165, 1.54) is 0 Å². The van der Waals surface area contributed by atoms with Crippen LogP contribution in [0, 0.1) is 5.92 Å². The Morgan fingerprint density at radius 3 is 2.47 bits per heavy atom. The number of rotatable bonds is 3. The lowest BCUT2D eigenvalue weighted by atomic mass is 9.97. The van der Waals surface area contributed by atoms with Gasteiger partial charge >= 0.3 is 0 Å². The van der Waals surface area contributed by atoms with E-state index < -0.39 is 0 Å². The van der Waals surface area contributed by atoms with Gasteiger partial charge in [-0.3, -0.25) is 14.5 Å². The second-order valence-corrected chi connectivity index (χ2v) is 5.37. The maximum absolute atomic E-state index is 12.1. The van der Waals surface area contributed by atoms with Gasteiger partial charge in [0.05, 0.1) is 12.5 Å². The molecule has 0 bridgehead atoms. The fourth-order valence-electron chi connectivity index (χ4n) is 2.73. The quantitative estimate of drug-likeness (QED) is 0.709. The lowest BCUT2D eigenvalue weighted by molar-refractivity contribution is -0.135. The van der Waals surface area contributed by atoms with Crippen molar-refractivity contribution < 1.29 is 9.59 Å². The van der Waals surface area contributed by atoms with Crippen molar-refractivity contribution >= 4 is 24.2 Å². The summed E-state index contributed by atoms with van der Waals surface area (Å²) >= 11 is 0. The molecule has 2 amide bonds. The summed E-state index contributed by atoms with van der Waals surface area (Å²) in [4.78, 5) is 27.1. The highest BCUT2D eigenvalue weighted by atomic mass is 35.5. The minimum atomic E-state index is -0.296. The fraction of sp³-hybridized carbons (Fsp3) is 0.833. The molecule has 0 aliphatic carbocycles. The van der Waals surface area contributed by atoms with Crippen molar-refractivity contribution in [3.63, 3.8) is 0 Å². The molecule has 110 valence electrons. The molecule has 0 aromatic carbocycles. The normalized spacial score (nSPS) is 27.9. The Morgan fingerprint density at radius 2 is 1.89 bits per heavy atom. The number of nitrogens with two attached hydrogens (primary N) is 2. The fourth-order valence-corrected chi connectivity index (χ4v) is 2.73. The number of carbonyl (C=O) groups is 2. The van der Waals surface area contributed by atoms with Crippen LogP contribution in [0.3, 0.4) is 0 Å². The van der Waals surface area contributed by atoms with Gasteiger partial charge in [-0.15, -0.1) is 12.4 Å². The lowest BCUT2D eigenvalue weighted by Crippen LogP contribution is -2.47. The van der Waals surface area contributed by atoms with Crippen molar-refractivity contribution in [3.05, 3.63) is 0 Å². The Hall–Kier alpha value is -0.850. The van der Waals surface area contributed by atoms with Gasteiger partial charge in [0.15, 0.2) is 0 Å². The largest absolute Gasteiger partial charge is 0.369 e. The van der Waals surface area contributed by atoms with Crippen molar-refractivity contribution in [1.82, 2.24) is 9.80 Å². The van der Waals surface area contributed by atoms with Crippen LogP contribution in [0.25, 0.3) is 0 Å². The number of primary amides is 1. The highest BCUT2D eigenvalue weighted by molar-refractivity contribution is 5.85. The predicted molar refractivity (Wildman–Crippen MR) is 74.8 cm³/mol. The van der Waals surface area contributed by atoms with Gasteiger partial charge in [-0.1, -0.05) is 0 Å². The van der Waals surface area contributed by atoms with Crippen molar-refractivity contribution in [2.24, 2.45) is 17.4 Å². The van der Waals surface area contributed by atoms with Gasteiger partial charge in [-0.05, 0) is 19.3 Å². The zero-order chi connectivity index (χ0) is 13.1. The van der Waals surface area contributed by atoms with Crippen molar-refractivity contribution in [1.29, 1.82) is 0 Å². The van der Waals surface area contributed by atoms with Gasteiger partial charge in [0, 0.05) is 32.2 Å². The number of nitrogens with zero attached hydrogens (tertiary/aromatic N) is 2. The Morgan fingerprint density at radius 1 is 1.16 bits per heavy atom. The minimum absolute atomic E-state index is 0. The molecular formula is C12H23ClN4O2. The third-order valence-electron chi connectivity index (χ3n) is 3.84. The highest BCUT2D eigenvalue weighted by Gasteiger charge is 2.29. The smallest absolute Gasteiger partial charge is 0.236 e. The molecule has 0 radical (unpaired) electrons. The highest BCUT2D eigenvalue weighted by Crippen LogP contribution is 2.17. The van der Waals surface area contributed by atoms with Gasteiger partial charge in [0.2, 0.25) is 11.8 Å². The summed E-state index contributed by atoms with van der Waals surface area (Å²) in [7, 11) is 0. The first-order chi connectivity index (χ1) is 8.56. The number of halogens is 1. The molecule has 0 spiro atoms. The topological polar surface area (TPSA) is 92.7 Å². The van der Waals surface area contributed by atoms with Gasteiger partial charge in [-0.2, -0.15) is 0 Å². The molecule has 4 N–H and O–H groups in total. The van der Waals surface area contributed by atoms with Gasteiger partial charge < -0.3 is 16.4 Å². The van der Waals surface area contributed by atoms with Crippen LogP contribution in [0.5, 0.6) is 0 Å². The molecule has 0 aromatic heterocycles. The second kappa shape index (κ2) is 7.07. The van der Waals surface area contributed by atoms with E-state index in [-0.39, 0.29) is 36.2 Å². The molecule has 2 atom stereocenters. The maximum atomic E-state index is 12.1. The molecule has 0 saturated carbocycles. The van der Waals surface area contributed by atoms with Crippen LogP contribution in [0.4, 0.5) is 0 Å². The van der Waals surface area contributed by atoms with Crippen LogP contribution >= 0.6 is 12.4 Å². The van der Waals surface area contributed by atoms with Gasteiger partial charge in [0.1, 0.15) is 0 Å². The van der Waals surface area contributed by atoms with E-state index in [0.29, 0.717) is 13.1 Å². The van der Waals surface area contributed by atoms with Crippen molar-refractivity contribution in [3.8, 4) is 0 Å². The molecule has 2 heterocycles. The average Bonchev–Trinajstić information content (AvgIpc) is 2.75. The molecule has 2 unspecified atom stereocenters. The predicted octanol–water partition coefficient (Wildman–Crippen LogP) is -0.835. The average molecular weight is 291 g/mol. The molecular weight excluding hydrogens is 268 g/mol. The van der Waals surface area contributed by atoms with Crippen LogP contribution in [-0.4, -0.2) is 60.4 Å². The summed E-state index contributed by atoms with van der Waals surface area (Å²) in [5.41, 5.74) is 11.1. The van der Waals surface area contributed by atoms with E-state index >= 15 is 0 Å². The van der Waals surface area contributed by atoms with E-state index in [4.69, 9.17) is 11.5 Å². The van der Waals surface area contributed by atoms with Crippen LogP contribution in [-0.2, 0) is 9.59 Å². The molecule has 2 aliphatic heterocycles. The molecule has 19 heavy (non-hydrogen) atoms. The first-order valence-corrected chi connectivity index (χ1v) is 6.61.